The topological polar surface area (TPSA) is 83.9 Å². The molecule has 4 rings (SSSR count). The highest BCUT2D eigenvalue weighted by atomic mass is 16.5. The van der Waals surface area contributed by atoms with Crippen molar-refractivity contribution in [3.8, 4) is 0 Å². The lowest BCUT2D eigenvalue weighted by atomic mass is 9.94. The van der Waals surface area contributed by atoms with E-state index in [4.69, 9.17) is 4.74 Å². The van der Waals surface area contributed by atoms with Gasteiger partial charge in [-0.05, 0) is 51.0 Å². The zero-order valence-electron chi connectivity index (χ0n) is 20.8. The molecule has 1 heterocycles. The molecule has 3 aromatic carbocycles. The van der Waals surface area contributed by atoms with Gasteiger partial charge in [-0.25, -0.2) is 0 Å². The van der Waals surface area contributed by atoms with Crippen LogP contribution in [0.5, 0.6) is 0 Å². The van der Waals surface area contributed by atoms with Crippen LogP contribution in [0.25, 0.3) is 5.76 Å². The van der Waals surface area contributed by atoms with E-state index >= 15 is 0 Å². The molecule has 1 atom stereocenters. The van der Waals surface area contributed by atoms with E-state index in [1.165, 1.54) is 4.90 Å². The number of hydrogen-bond acceptors (Lipinski definition) is 5. The quantitative estimate of drug-likeness (QED) is 0.219. The van der Waals surface area contributed by atoms with Gasteiger partial charge in [-0.15, -0.1) is 0 Å². The fraction of sp³-hybridized carbons (Fsp3) is 0.233. The van der Waals surface area contributed by atoms with Crippen LogP contribution in [0.1, 0.15) is 47.7 Å². The van der Waals surface area contributed by atoms with Gasteiger partial charge in [-0.3, -0.25) is 19.3 Å². The summed E-state index contributed by atoms with van der Waals surface area (Å²) in [6, 6.07) is 20.8. The lowest BCUT2D eigenvalue weighted by Crippen LogP contribution is -2.29. The van der Waals surface area contributed by atoms with Gasteiger partial charge in [-0.2, -0.15) is 0 Å². The predicted molar refractivity (Wildman–Crippen MR) is 139 cm³/mol. The van der Waals surface area contributed by atoms with E-state index in [9.17, 15) is 19.5 Å². The first-order valence-electron chi connectivity index (χ1n) is 11.9. The third kappa shape index (κ3) is 5.08. The number of anilines is 1. The van der Waals surface area contributed by atoms with Crippen LogP contribution in [0.15, 0.2) is 78.4 Å². The second-order valence-electron chi connectivity index (χ2n) is 9.33. The molecule has 0 spiro atoms. The normalized spacial score (nSPS) is 17.0. The van der Waals surface area contributed by atoms with Gasteiger partial charge in [-0.1, -0.05) is 71.8 Å². The molecular weight excluding hydrogens is 454 g/mol. The van der Waals surface area contributed by atoms with Gasteiger partial charge in [0.05, 0.1) is 24.1 Å². The van der Waals surface area contributed by atoms with Crippen molar-refractivity contribution in [3.05, 3.63) is 106 Å². The van der Waals surface area contributed by atoms with E-state index in [2.05, 4.69) is 0 Å². The van der Waals surface area contributed by atoms with E-state index < -0.39 is 17.7 Å². The van der Waals surface area contributed by atoms with Crippen molar-refractivity contribution in [2.24, 2.45) is 0 Å². The number of nitrogens with zero attached hydrogens (tertiary/aromatic N) is 1. The predicted octanol–water partition coefficient (Wildman–Crippen LogP) is 5.42. The van der Waals surface area contributed by atoms with Crippen molar-refractivity contribution in [2.75, 3.05) is 4.90 Å². The molecule has 3 aromatic rings. The number of ether oxygens (including phenoxy) is 1. The molecule has 0 bridgehead atoms. The van der Waals surface area contributed by atoms with Crippen LogP contribution >= 0.6 is 0 Å². The lowest BCUT2D eigenvalue weighted by Gasteiger charge is -2.26. The maximum Gasteiger partial charge on any atom is 0.310 e. The third-order valence-corrected chi connectivity index (χ3v) is 6.06. The van der Waals surface area contributed by atoms with Gasteiger partial charge in [0, 0.05) is 11.3 Å². The van der Waals surface area contributed by atoms with Crippen molar-refractivity contribution in [3.63, 3.8) is 0 Å². The Morgan fingerprint density at radius 2 is 1.61 bits per heavy atom. The first kappa shape index (κ1) is 24.9. The Balaban J connectivity index is 1.78. The molecular formula is C30H29NO5. The molecule has 184 valence electrons. The molecule has 1 amide bonds. The molecule has 6 heteroatoms. The number of Topliss-reactive ketones (excluding diaryl/α,β-unsaturated/α-hetero) is 1. The number of aliphatic hydroxyl groups is 1. The maximum absolute atomic E-state index is 13.3. The van der Waals surface area contributed by atoms with Gasteiger partial charge >= 0.3 is 5.97 Å². The first-order valence-corrected chi connectivity index (χ1v) is 11.9. The second kappa shape index (κ2) is 10.2. The summed E-state index contributed by atoms with van der Waals surface area (Å²) in [6.45, 7) is 7.45. The Kier molecular flexibility index (Phi) is 7.06. The van der Waals surface area contributed by atoms with E-state index in [0.29, 0.717) is 16.8 Å². The minimum absolute atomic E-state index is 0.0408. The largest absolute Gasteiger partial charge is 0.507 e. The second-order valence-corrected chi connectivity index (χ2v) is 9.33. The highest BCUT2D eigenvalue weighted by Crippen LogP contribution is 2.42. The van der Waals surface area contributed by atoms with Crippen molar-refractivity contribution < 1.29 is 24.2 Å². The molecule has 36 heavy (non-hydrogen) atoms. The number of esters is 1. The number of aliphatic hydroxyl groups excluding tert-OH is 1. The zero-order valence-corrected chi connectivity index (χ0v) is 20.8. The monoisotopic (exact) mass is 483 g/mol. The fourth-order valence-electron chi connectivity index (χ4n) is 4.37. The molecule has 6 nitrogen and oxygen atoms in total. The Morgan fingerprint density at radius 1 is 0.944 bits per heavy atom. The van der Waals surface area contributed by atoms with Crippen LogP contribution in [0, 0.1) is 13.8 Å². The minimum Gasteiger partial charge on any atom is -0.507 e. The first-order chi connectivity index (χ1) is 17.2. The molecule has 0 aliphatic carbocycles. The lowest BCUT2D eigenvalue weighted by molar-refractivity contribution is -0.146. The van der Waals surface area contributed by atoms with Crippen LogP contribution in [-0.2, 0) is 25.5 Å². The van der Waals surface area contributed by atoms with E-state index in [0.717, 1.165) is 16.7 Å². The number of amides is 1. The summed E-state index contributed by atoms with van der Waals surface area (Å²) in [6.07, 6.45) is -0.0991. The number of rotatable bonds is 6. The molecule has 0 aromatic heterocycles. The van der Waals surface area contributed by atoms with Gasteiger partial charge in [0.25, 0.3) is 11.7 Å². The summed E-state index contributed by atoms with van der Waals surface area (Å²) in [5.74, 6) is -2.02. The fourth-order valence-corrected chi connectivity index (χ4v) is 4.37. The van der Waals surface area contributed by atoms with Gasteiger partial charge in [0.2, 0.25) is 0 Å². The van der Waals surface area contributed by atoms with Crippen molar-refractivity contribution >= 4 is 29.1 Å². The van der Waals surface area contributed by atoms with E-state index in [1.54, 1.807) is 50.2 Å². The van der Waals surface area contributed by atoms with Crippen molar-refractivity contribution in [1.82, 2.24) is 0 Å². The number of hydrogen-bond donors (Lipinski definition) is 1. The zero-order chi connectivity index (χ0) is 26.0. The van der Waals surface area contributed by atoms with Crippen LogP contribution in [-0.4, -0.2) is 28.9 Å². The summed E-state index contributed by atoms with van der Waals surface area (Å²) >= 11 is 0. The number of benzene rings is 3. The highest BCUT2D eigenvalue weighted by Gasteiger charge is 2.47. The number of carbonyl (C=O) groups excluding carboxylic acids is 3. The Bertz CT molecular complexity index is 1340. The molecule has 1 unspecified atom stereocenters. The summed E-state index contributed by atoms with van der Waals surface area (Å²) in [5, 5.41) is 11.2. The molecule has 1 aliphatic rings. The summed E-state index contributed by atoms with van der Waals surface area (Å²) in [5.41, 5.74) is 4.43. The molecule has 1 N–H and O–H groups in total. The van der Waals surface area contributed by atoms with Gasteiger partial charge in [0.15, 0.2) is 0 Å². The molecule has 0 saturated carbocycles. The standard InChI is InChI=1S/C30H29NO5/c1-18(2)36-25(32)17-21-10-14-24(15-11-21)31-27(23-7-5-6-20(4)16-23)26(29(34)30(31)35)28(33)22-12-8-19(3)9-13-22/h5-16,18,27,33H,17H2,1-4H3/b28-26-. The number of ketones is 1. The summed E-state index contributed by atoms with van der Waals surface area (Å²) in [7, 11) is 0. The summed E-state index contributed by atoms with van der Waals surface area (Å²) < 4.78 is 5.21. The molecule has 1 aliphatic heterocycles. The van der Waals surface area contributed by atoms with E-state index in [-0.39, 0.29) is 29.8 Å². The summed E-state index contributed by atoms with van der Waals surface area (Å²) in [4.78, 5) is 40.0. The van der Waals surface area contributed by atoms with Gasteiger partial charge in [0.1, 0.15) is 5.76 Å². The Hall–Kier alpha value is -4.19. The van der Waals surface area contributed by atoms with Crippen molar-refractivity contribution in [2.45, 2.75) is 46.3 Å². The molecule has 0 radical (unpaired) electrons. The highest BCUT2D eigenvalue weighted by molar-refractivity contribution is 6.51. The third-order valence-electron chi connectivity index (χ3n) is 6.06. The average molecular weight is 484 g/mol. The number of carbonyl (C=O) groups is 3. The van der Waals surface area contributed by atoms with Crippen LogP contribution in [0.4, 0.5) is 5.69 Å². The van der Waals surface area contributed by atoms with Crippen molar-refractivity contribution in [1.29, 1.82) is 0 Å². The minimum atomic E-state index is -0.803. The average Bonchev–Trinajstić information content (AvgIpc) is 3.09. The SMILES string of the molecule is Cc1ccc(/C(O)=C2/C(=O)C(=O)N(c3ccc(CC(=O)OC(C)C)cc3)C2c2cccc(C)c2)cc1. The maximum atomic E-state index is 13.3. The van der Waals surface area contributed by atoms with Gasteiger partial charge < -0.3 is 9.84 Å². The van der Waals surface area contributed by atoms with Crippen LogP contribution < -0.4 is 4.90 Å². The van der Waals surface area contributed by atoms with Crippen LogP contribution in [0.2, 0.25) is 0 Å². The van der Waals surface area contributed by atoms with E-state index in [1.807, 2.05) is 50.2 Å². The Labute approximate surface area is 210 Å². The smallest absolute Gasteiger partial charge is 0.310 e. The Morgan fingerprint density at radius 3 is 2.22 bits per heavy atom. The number of aryl methyl sites for hydroxylation is 2. The molecule has 1 saturated heterocycles. The molecule has 1 fully saturated rings. The van der Waals surface area contributed by atoms with Crippen LogP contribution in [0.3, 0.4) is 0 Å².